The van der Waals surface area contributed by atoms with E-state index in [0.29, 0.717) is 13.2 Å². The lowest BCUT2D eigenvalue weighted by Crippen LogP contribution is -2.47. The third-order valence-corrected chi connectivity index (χ3v) is 3.95. The molecule has 6 heteroatoms. The van der Waals surface area contributed by atoms with Crippen LogP contribution in [0, 0.1) is 6.92 Å². The van der Waals surface area contributed by atoms with Crippen LogP contribution in [0.1, 0.15) is 17.5 Å². The normalized spacial score (nSPS) is 23.1. The van der Waals surface area contributed by atoms with Crippen LogP contribution in [-0.4, -0.2) is 71.8 Å². The summed E-state index contributed by atoms with van der Waals surface area (Å²) in [6.07, 6.45) is 3.69. The third kappa shape index (κ3) is 4.50. The number of carbonyl (C=O) groups excluding carboxylic acids is 1. The molecule has 0 saturated carbocycles. The van der Waals surface area contributed by atoms with Gasteiger partial charge in [0.25, 0.3) is 0 Å². The van der Waals surface area contributed by atoms with Crippen LogP contribution in [0.25, 0.3) is 0 Å². The van der Waals surface area contributed by atoms with E-state index in [9.17, 15) is 9.90 Å². The Morgan fingerprint density at radius 2 is 2.32 bits per heavy atom. The summed E-state index contributed by atoms with van der Waals surface area (Å²) in [5, 5.41) is 10.8. The molecule has 1 aromatic rings. The van der Waals surface area contributed by atoms with Crippen molar-refractivity contribution >= 4 is 5.91 Å². The molecule has 122 valence electrons. The predicted octanol–water partition coefficient (Wildman–Crippen LogP) is 0.432. The van der Waals surface area contributed by atoms with Crippen LogP contribution in [0.2, 0.25) is 0 Å². The molecule has 0 radical (unpaired) electrons. The van der Waals surface area contributed by atoms with Gasteiger partial charge in [-0.15, -0.1) is 0 Å². The molecule has 1 amide bonds. The van der Waals surface area contributed by atoms with E-state index in [1.807, 2.05) is 19.2 Å². The minimum Gasteiger partial charge on any atom is -0.386 e. The van der Waals surface area contributed by atoms with Gasteiger partial charge in [0.05, 0.1) is 19.6 Å². The minimum atomic E-state index is -1.14. The molecule has 0 aliphatic carbocycles. The summed E-state index contributed by atoms with van der Waals surface area (Å²) in [5.41, 5.74) is 1.16. The number of pyridine rings is 1. The summed E-state index contributed by atoms with van der Waals surface area (Å²) in [5.74, 6) is -0.0898. The zero-order valence-corrected chi connectivity index (χ0v) is 13.6. The highest BCUT2D eigenvalue weighted by molar-refractivity contribution is 5.76. The summed E-state index contributed by atoms with van der Waals surface area (Å²) in [6.45, 7) is 4.66. The van der Waals surface area contributed by atoms with Gasteiger partial charge in [0.2, 0.25) is 5.91 Å². The number of β-amino-alcohol motifs (C(OH)–C–C–N with tert-alkyl or cyclic N) is 1. The summed E-state index contributed by atoms with van der Waals surface area (Å²) in [4.78, 5) is 19.7. The van der Waals surface area contributed by atoms with Crippen LogP contribution in [-0.2, 0) is 16.1 Å². The van der Waals surface area contributed by atoms with Crippen LogP contribution >= 0.6 is 0 Å². The monoisotopic (exact) mass is 307 g/mol. The lowest BCUT2D eigenvalue weighted by molar-refractivity contribution is -0.136. The van der Waals surface area contributed by atoms with Crippen molar-refractivity contribution in [3.63, 3.8) is 0 Å². The Hall–Kier alpha value is -1.50. The van der Waals surface area contributed by atoms with Crippen LogP contribution < -0.4 is 0 Å². The molecule has 1 aliphatic heterocycles. The fourth-order valence-electron chi connectivity index (χ4n) is 2.60. The molecule has 2 heterocycles. The van der Waals surface area contributed by atoms with E-state index in [2.05, 4.69) is 9.88 Å². The van der Waals surface area contributed by atoms with Crippen molar-refractivity contribution in [2.45, 2.75) is 25.5 Å². The van der Waals surface area contributed by atoms with Gasteiger partial charge in [0.15, 0.2) is 0 Å². The second kappa shape index (κ2) is 7.17. The van der Waals surface area contributed by atoms with Gasteiger partial charge in [-0.1, -0.05) is 0 Å². The van der Waals surface area contributed by atoms with Crippen molar-refractivity contribution in [3.05, 3.63) is 29.6 Å². The molecule has 1 aliphatic rings. The molecule has 1 atom stereocenters. The predicted molar refractivity (Wildman–Crippen MR) is 83.3 cm³/mol. The molecule has 6 nitrogen and oxygen atoms in total. The Labute approximate surface area is 131 Å². The molecule has 22 heavy (non-hydrogen) atoms. The van der Waals surface area contributed by atoms with Crippen molar-refractivity contribution in [2.75, 3.05) is 40.4 Å². The molecule has 0 aromatic carbocycles. The number of aromatic nitrogens is 1. The Morgan fingerprint density at radius 3 is 3.00 bits per heavy atom. The van der Waals surface area contributed by atoms with E-state index in [1.54, 1.807) is 20.3 Å². The van der Waals surface area contributed by atoms with Crippen LogP contribution in [0.3, 0.4) is 0 Å². The zero-order chi connectivity index (χ0) is 16.2. The third-order valence-electron chi connectivity index (χ3n) is 3.95. The van der Waals surface area contributed by atoms with Crippen LogP contribution in [0.5, 0.6) is 0 Å². The average Bonchev–Trinajstić information content (AvgIpc) is 2.63. The Bertz CT molecular complexity index is 521. The quantitative estimate of drug-likeness (QED) is 0.874. The van der Waals surface area contributed by atoms with Crippen molar-refractivity contribution < 1.29 is 14.6 Å². The SMILES string of the molecule is Cc1cnccc1CN1CCOC[C@@](O)(CC(=O)N(C)C)C1. The lowest BCUT2D eigenvalue weighted by Gasteiger charge is -2.31. The first-order valence-electron chi connectivity index (χ1n) is 7.52. The van der Waals surface area contributed by atoms with E-state index in [4.69, 9.17) is 4.74 Å². The molecule has 1 aromatic heterocycles. The van der Waals surface area contributed by atoms with E-state index < -0.39 is 5.60 Å². The topological polar surface area (TPSA) is 65.9 Å². The zero-order valence-electron chi connectivity index (χ0n) is 13.6. The minimum absolute atomic E-state index is 0.0752. The number of carbonyl (C=O) groups is 1. The van der Waals surface area contributed by atoms with Crippen LogP contribution in [0.4, 0.5) is 0 Å². The maximum atomic E-state index is 11.9. The van der Waals surface area contributed by atoms with Gasteiger partial charge in [0, 0.05) is 46.1 Å². The van der Waals surface area contributed by atoms with Gasteiger partial charge >= 0.3 is 0 Å². The molecule has 1 fully saturated rings. The summed E-state index contributed by atoms with van der Waals surface area (Å²) in [6, 6.07) is 1.99. The number of hydrogen-bond donors (Lipinski definition) is 1. The molecule has 1 N–H and O–H groups in total. The summed E-state index contributed by atoms with van der Waals surface area (Å²) >= 11 is 0. The molecule has 0 unspecified atom stereocenters. The largest absolute Gasteiger partial charge is 0.386 e. The second-order valence-corrected chi connectivity index (χ2v) is 6.25. The van der Waals surface area contributed by atoms with E-state index >= 15 is 0 Å². The van der Waals surface area contributed by atoms with Gasteiger partial charge in [0.1, 0.15) is 5.60 Å². The first-order chi connectivity index (χ1) is 10.4. The maximum Gasteiger partial charge on any atom is 0.225 e. The molecule has 1 saturated heterocycles. The number of hydrogen-bond acceptors (Lipinski definition) is 5. The Balaban J connectivity index is 2.06. The standard InChI is InChI=1S/C16H25N3O3/c1-13-9-17-5-4-14(13)10-19-6-7-22-12-16(21,11-19)8-15(20)18(2)3/h4-5,9,21H,6-8,10-12H2,1-3H3/t16-/m1/s1. The highest BCUT2D eigenvalue weighted by atomic mass is 16.5. The van der Waals surface area contributed by atoms with Crippen molar-refractivity contribution in [3.8, 4) is 0 Å². The molecule has 2 rings (SSSR count). The van der Waals surface area contributed by atoms with Gasteiger partial charge in [-0.3, -0.25) is 14.7 Å². The fraction of sp³-hybridized carbons (Fsp3) is 0.625. The van der Waals surface area contributed by atoms with E-state index in [-0.39, 0.29) is 18.9 Å². The lowest BCUT2D eigenvalue weighted by atomic mass is 9.99. The van der Waals surface area contributed by atoms with Crippen molar-refractivity contribution in [2.24, 2.45) is 0 Å². The molecule has 0 spiro atoms. The maximum absolute atomic E-state index is 11.9. The number of nitrogens with zero attached hydrogens (tertiary/aromatic N) is 3. The number of aliphatic hydroxyl groups is 1. The van der Waals surface area contributed by atoms with Gasteiger partial charge in [-0.2, -0.15) is 0 Å². The average molecular weight is 307 g/mol. The summed E-state index contributed by atoms with van der Waals surface area (Å²) < 4.78 is 5.51. The molecular formula is C16H25N3O3. The van der Waals surface area contributed by atoms with Crippen molar-refractivity contribution in [1.29, 1.82) is 0 Å². The van der Waals surface area contributed by atoms with Crippen LogP contribution in [0.15, 0.2) is 18.5 Å². The summed E-state index contributed by atoms with van der Waals surface area (Å²) in [7, 11) is 3.39. The second-order valence-electron chi connectivity index (χ2n) is 6.25. The fourth-order valence-corrected chi connectivity index (χ4v) is 2.60. The van der Waals surface area contributed by atoms with Gasteiger partial charge in [-0.05, 0) is 24.1 Å². The number of amides is 1. The number of aryl methyl sites for hydroxylation is 1. The Morgan fingerprint density at radius 1 is 1.55 bits per heavy atom. The smallest absolute Gasteiger partial charge is 0.225 e. The Kier molecular flexibility index (Phi) is 5.50. The highest BCUT2D eigenvalue weighted by Crippen LogP contribution is 2.20. The highest BCUT2D eigenvalue weighted by Gasteiger charge is 2.35. The molecular weight excluding hydrogens is 282 g/mol. The van der Waals surface area contributed by atoms with Gasteiger partial charge in [-0.25, -0.2) is 0 Å². The first kappa shape index (κ1) is 16.9. The number of ether oxygens (including phenoxy) is 1. The van der Waals surface area contributed by atoms with Crippen molar-refractivity contribution in [1.82, 2.24) is 14.8 Å². The first-order valence-corrected chi connectivity index (χ1v) is 7.52. The number of rotatable bonds is 4. The van der Waals surface area contributed by atoms with E-state index in [0.717, 1.165) is 18.7 Å². The van der Waals surface area contributed by atoms with Gasteiger partial charge < -0.3 is 14.7 Å². The van der Waals surface area contributed by atoms with E-state index in [1.165, 1.54) is 10.5 Å². The molecule has 0 bridgehead atoms.